The number of hydrogen-bond acceptors (Lipinski definition) is 11. The molecule has 1 heterocycles. The average Bonchev–Trinajstić information content (AvgIpc) is 4.14. The molecule has 0 saturated heterocycles. The van der Waals surface area contributed by atoms with E-state index in [0.29, 0.717) is 29.7 Å². The van der Waals surface area contributed by atoms with Crippen molar-refractivity contribution in [2.45, 2.75) is 99.1 Å². The second-order valence-electron chi connectivity index (χ2n) is 14.0. The van der Waals surface area contributed by atoms with Gasteiger partial charge < -0.3 is 45.2 Å². The molecule has 0 aliphatic heterocycles. The molecule has 0 unspecified atom stereocenters. The van der Waals surface area contributed by atoms with Crippen LogP contribution in [0.3, 0.4) is 0 Å². The number of alkyl carbamates (subject to hydrolysis) is 1. The molecule has 4 atom stereocenters. The lowest BCUT2D eigenvalue weighted by Gasteiger charge is -2.30. The van der Waals surface area contributed by atoms with Crippen LogP contribution in [0.4, 0.5) is 4.79 Å². The van der Waals surface area contributed by atoms with Gasteiger partial charge in [-0.1, -0.05) is 29.8 Å². The molecule has 14 heteroatoms. The number of aliphatic hydroxyl groups is 5. The summed E-state index contributed by atoms with van der Waals surface area (Å²) in [6, 6.07) is 16.3. The van der Waals surface area contributed by atoms with Crippen molar-refractivity contribution in [3.8, 4) is 16.9 Å². The monoisotopic (exact) mass is 785 g/mol. The van der Waals surface area contributed by atoms with Gasteiger partial charge in [-0.2, -0.15) is 0 Å². The smallest absolute Gasteiger partial charge is 0.407 e. The number of hydrogen-bond donors (Lipinski definition) is 6. The standard InChI is InChI=1S/C40H52ClN3O9S/c1-2-52-39(51)43-18-5-20-44(38(50)37(49)36(48)35(47)33(46)25-45)21-6-22-54-28-11-12-32(41)26(23-28)13-15-40(16-17-40)31-24-42-19-14-29(31)30-7-3-4-8-34(30)53-27-9-10-27/h3-4,7-8,11-12,14,19,23-24,27,33,35-37,45-49H,2,5-6,9-10,13,15-18,20-22,25H2,1H3,(H,43,51)/t33-,35+,36-,37-/m0/s1. The topological polar surface area (TPSA) is 182 Å². The van der Waals surface area contributed by atoms with E-state index in [1.165, 1.54) is 10.5 Å². The minimum absolute atomic E-state index is 0.00889. The second kappa shape index (κ2) is 19.9. The Morgan fingerprint density at radius 1 is 1.04 bits per heavy atom. The summed E-state index contributed by atoms with van der Waals surface area (Å²) >= 11 is 8.34. The first-order chi connectivity index (χ1) is 26.1. The molecule has 12 nitrogen and oxygen atoms in total. The number of aromatic nitrogens is 1. The van der Waals surface area contributed by atoms with Gasteiger partial charge in [0.25, 0.3) is 5.91 Å². The lowest BCUT2D eigenvalue weighted by molar-refractivity contribution is -0.158. The van der Waals surface area contributed by atoms with E-state index < -0.39 is 43.0 Å². The number of ether oxygens (including phenoxy) is 2. The molecule has 2 saturated carbocycles. The molecule has 294 valence electrons. The van der Waals surface area contributed by atoms with E-state index in [1.54, 1.807) is 18.7 Å². The number of carbonyl (C=O) groups is 2. The van der Waals surface area contributed by atoms with Crippen LogP contribution in [0.1, 0.15) is 63.0 Å². The highest BCUT2D eigenvalue weighted by atomic mass is 35.5. The highest BCUT2D eigenvalue weighted by molar-refractivity contribution is 7.99. The summed E-state index contributed by atoms with van der Waals surface area (Å²) in [5, 5.41) is 53.1. The fourth-order valence-electron chi connectivity index (χ4n) is 6.50. The van der Waals surface area contributed by atoms with Gasteiger partial charge in [0.2, 0.25) is 0 Å². The molecular formula is C40H52ClN3O9S. The van der Waals surface area contributed by atoms with E-state index in [2.05, 4.69) is 34.6 Å². The van der Waals surface area contributed by atoms with Crippen molar-refractivity contribution in [1.29, 1.82) is 0 Å². The van der Waals surface area contributed by atoms with Crippen molar-refractivity contribution in [1.82, 2.24) is 15.2 Å². The van der Waals surface area contributed by atoms with Gasteiger partial charge in [-0.05, 0) is 116 Å². The van der Waals surface area contributed by atoms with Crippen LogP contribution in [0.2, 0.25) is 5.02 Å². The molecule has 54 heavy (non-hydrogen) atoms. The van der Waals surface area contributed by atoms with E-state index >= 15 is 0 Å². The number of benzene rings is 2. The Morgan fingerprint density at radius 2 is 1.80 bits per heavy atom. The molecule has 2 aromatic carbocycles. The van der Waals surface area contributed by atoms with Crippen molar-refractivity contribution in [3.05, 3.63) is 77.1 Å². The zero-order valence-corrected chi connectivity index (χ0v) is 32.2. The number of halogens is 1. The van der Waals surface area contributed by atoms with Gasteiger partial charge in [0.05, 0.1) is 19.3 Å². The van der Waals surface area contributed by atoms with Crippen molar-refractivity contribution in [2.24, 2.45) is 0 Å². The Hall–Kier alpha value is -3.43. The van der Waals surface area contributed by atoms with Gasteiger partial charge >= 0.3 is 6.09 Å². The minimum atomic E-state index is -2.03. The van der Waals surface area contributed by atoms with Gasteiger partial charge in [0, 0.05) is 47.5 Å². The zero-order chi connectivity index (χ0) is 38.7. The van der Waals surface area contributed by atoms with Crippen molar-refractivity contribution in [2.75, 3.05) is 38.6 Å². The van der Waals surface area contributed by atoms with Gasteiger partial charge in [-0.3, -0.25) is 9.78 Å². The molecule has 2 aliphatic carbocycles. The van der Waals surface area contributed by atoms with E-state index in [4.69, 9.17) is 26.2 Å². The van der Waals surface area contributed by atoms with E-state index in [1.807, 2.05) is 36.7 Å². The SMILES string of the molecule is CCOC(=O)NCCCN(CCCSc1ccc(Cl)c(CCC2(c3cnccc3-c3ccccc3OC3CC3)CC2)c1)C(=O)[C@@H](O)[C@@H](O)[C@H](O)[C@@H](O)CO. The number of aliphatic hydroxyl groups excluding tert-OH is 5. The maximum atomic E-state index is 13.2. The quantitative estimate of drug-likeness (QED) is 0.0624. The predicted molar refractivity (Wildman–Crippen MR) is 207 cm³/mol. The lowest BCUT2D eigenvalue weighted by Crippen LogP contribution is -2.53. The summed E-state index contributed by atoms with van der Waals surface area (Å²) in [6.07, 6.45) is 2.78. The third-order valence-electron chi connectivity index (χ3n) is 9.94. The number of pyridine rings is 1. The second-order valence-corrected chi connectivity index (χ2v) is 15.5. The van der Waals surface area contributed by atoms with Crippen molar-refractivity contribution < 1.29 is 44.6 Å². The molecule has 2 fully saturated rings. The van der Waals surface area contributed by atoms with Crippen molar-refractivity contribution in [3.63, 3.8) is 0 Å². The fraction of sp³-hybridized carbons (Fsp3) is 0.525. The van der Waals surface area contributed by atoms with Crippen LogP contribution < -0.4 is 10.1 Å². The number of nitrogens with zero attached hydrogens (tertiary/aromatic N) is 2. The number of rotatable bonds is 22. The molecule has 1 aromatic heterocycles. The number of thioether (sulfide) groups is 1. The normalized spacial score (nSPS) is 16.9. The third kappa shape index (κ3) is 11.3. The number of amides is 2. The van der Waals surface area contributed by atoms with Crippen LogP contribution in [-0.2, 0) is 21.4 Å². The van der Waals surface area contributed by atoms with Crippen LogP contribution >= 0.6 is 23.4 Å². The highest BCUT2D eigenvalue weighted by Gasteiger charge is 2.45. The van der Waals surface area contributed by atoms with E-state index in [9.17, 15) is 30.0 Å². The summed E-state index contributed by atoms with van der Waals surface area (Å²) in [5.41, 5.74) is 4.57. The molecule has 2 amide bonds. The number of nitrogens with one attached hydrogen (secondary N) is 1. The summed E-state index contributed by atoms with van der Waals surface area (Å²) in [7, 11) is 0. The molecule has 3 aromatic rings. The first-order valence-corrected chi connectivity index (χ1v) is 20.1. The molecular weight excluding hydrogens is 734 g/mol. The fourth-order valence-corrected chi connectivity index (χ4v) is 7.61. The van der Waals surface area contributed by atoms with Crippen LogP contribution in [0.25, 0.3) is 11.1 Å². The minimum Gasteiger partial charge on any atom is -0.490 e. The Bertz CT molecular complexity index is 1690. The van der Waals surface area contributed by atoms with Crippen LogP contribution in [-0.4, -0.2) is 117 Å². The van der Waals surface area contributed by atoms with E-state index in [0.717, 1.165) is 65.9 Å². The number of carbonyl (C=O) groups excluding carboxylic acids is 2. The molecule has 0 radical (unpaired) electrons. The first kappa shape index (κ1) is 41.7. The zero-order valence-electron chi connectivity index (χ0n) is 30.6. The Kier molecular flexibility index (Phi) is 15.4. The lowest BCUT2D eigenvalue weighted by atomic mass is 9.85. The molecule has 2 aliphatic rings. The Labute approximate surface area is 325 Å². The summed E-state index contributed by atoms with van der Waals surface area (Å²) in [5.74, 6) is 0.702. The van der Waals surface area contributed by atoms with E-state index in [-0.39, 0.29) is 31.7 Å². The van der Waals surface area contributed by atoms with Gasteiger partial charge in [-0.25, -0.2) is 4.79 Å². The van der Waals surface area contributed by atoms with Crippen LogP contribution in [0.15, 0.2) is 65.8 Å². The van der Waals surface area contributed by atoms with Gasteiger partial charge in [0.15, 0.2) is 6.10 Å². The summed E-state index contributed by atoms with van der Waals surface area (Å²) in [4.78, 5) is 31.8. The van der Waals surface area contributed by atoms with Crippen molar-refractivity contribution >= 4 is 35.4 Å². The Morgan fingerprint density at radius 3 is 2.52 bits per heavy atom. The predicted octanol–water partition coefficient (Wildman–Crippen LogP) is 4.49. The maximum Gasteiger partial charge on any atom is 0.407 e. The number of aryl methyl sites for hydroxylation is 1. The van der Waals surface area contributed by atoms with Gasteiger partial charge in [0.1, 0.15) is 24.1 Å². The highest BCUT2D eigenvalue weighted by Crippen LogP contribution is 2.55. The number of para-hydroxylation sites is 1. The molecule has 0 spiro atoms. The van der Waals surface area contributed by atoms with Crippen LogP contribution in [0, 0.1) is 0 Å². The molecule has 0 bridgehead atoms. The Balaban J connectivity index is 1.18. The average molecular weight is 786 g/mol. The first-order valence-electron chi connectivity index (χ1n) is 18.7. The van der Waals surface area contributed by atoms with Gasteiger partial charge in [-0.15, -0.1) is 11.8 Å². The summed E-state index contributed by atoms with van der Waals surface area (Å²) < 4.78 is 11.1. The largest absolute Gasteiger partial charge is 0.490 e. The third-order valence-corrected chi connectivity index (χ3v) is 11.4. The molecule has 6 N–H and O–H groups in total. The maximum absolute atomic E-state index is 13.2. The van der Waals surface area contributed by atoms with Crippen LogP contribution in [0.5, 0.6) is 5.75 Å². The molecule has 5 rings (SSSR count). The summed E-state index contributed by atoms with van der Waals surface area (Å²) in [6.45, 7) is 1.62.